The molecule has 0 aliphatic rings. The van der Waals surface area contributed by atoms with Crippen molar-refractivity contribution in [2.75, 3.05) is 6.16 Å². The van der Waals surface area contributed by atoms with Gasteiger partial charge in [-0.1, -0.05) is 97.9 Å². The van der Waals surface area contributed by atoms with Crippen LogP contribution in [0.3, 0.4) is 0 Å². The van der Waals surface area contributed by atoms with E-state index in [0.29, 0.717) is 0 Å². The molecule has 2 nitrogen and oxygen atoms in total. The molecule has 24 heavy (non-hydrogen) atoms. The Kier molecular flexibility index (Phi) is 7.12. The SMILES string of the molecule is CCP=O.O=P(c1ccccc1)(c1ccccc1)c1ccccc1. The first-order chi connectivity index (χ1) is 11.7. The summed E-state index contributed by atoms with van der Waals surface area (Å²) in [5, 5.41) is 2.62. The van der Waals surface area contributed by atoms with Crippen LogP contribution in [-0.2, 0) is 9.13 Å². The Morgan fingerprint density at radius 2 is 0.917 bits per heavy atom. The van der Waals surface area contributed by atoms with Gasteiger partial charge in [0.2, 0.25) is 0 Å². The molecular weight excluding hydrogens is 334 g/mol. The predicted molar refractivity (Wildman–Crippen MR) is 104 cm³/mol. The topological polar surface area (TPSA) is 34.1 Å². The third kappa shape index (κ3) is 4.29. The highest BCUT2D eigenvalue weighted by Gasteiger charge is 2.28. The van der Waals surface area contributed by atoms with Gasteiger partial charge in [-0.05, 0) is 0 Å². The second-order valence-corrected chi connectivity index (χ2v) is 8.72. The van der Waals surface area contributed by atoms with E-state index < -0.39 is 7.14 Å². The lowest BCUT2D eigenvalue weighted by Gasteiger charge is -2.19. The van der Waals surface area contributed by atoms with Crippen molar-refractivity contribution >= 4 is 31.5 Å². The van der Waals surface area contributed by atoms with Crippen LogP contribution in [0, 0.1) is 0 Å². The molecule has 0 spiro atoms. The summed E-state index contributed by atoms with van der Waals surface area (Å²) in [4.78, 5) is 0. The molecule has 0 aromatic heterocycles. The van der Waals surface area contributed by atoms with Crippen molar-refractivity contribution in [2.24, 2.45) is 0 Å². The van der Waals surface area contributed by atoms with Gasteiger partial charge in [0, 0.05) is 22.1 Å². The van der Waals surface area contributed by atoms with Crippen LogP contribution in [0.2, 0.25) is 0 Å². The molecule has 3 aromatic rings. The average molecular weight is 354 g/mol. The van der Waals surface area contributed by atoms with Crippen molar-refractivity contribution in [3.8, 4) is 0 Å². The van der Waals surface area contributed by atoms with Crippen molar-refractivity contribution in [2.45, 2.75) is 6.92 Å². The smallest absolute Gasteiger partial charge is 0.171 e. The van der Waals surface area contributed by atoms with Crippen LogP contribution in [0.25, 0.3) is 0 Å². The molecule has 0 amide bonds. The fraction of sp³-hybridized carbons (Fsp3) is 0.100. The van der Waals surface area contributed by atoms with Crippen molar-refractivity contribution in [3.05, 3.63) is 91.0 Å². The Labute approximate surface area is 145 Å². The minimum absolute atomic E-state index is 0.248. The van der Waals surface area contributed by atoms with E-state index in [1.807, 2.05) is 97.9 Å². The van der Waals surface area contributed by atoms with Gasteiger partial charge in [0.1, 0.15) is 0 Å². The lowest BCUT2D eigenvalue weighted by atomic mass is 10.4. The molecule has 0 bridgehead atoms. The van der Waals surface area contributed by atoms with E-state index >= 15 is 0 Å². The van der Waals surface area contributed by atoms with Gasteiger partial charge >= 0.3 is 0 Å². The van der Waals surface area contributed by atoms with E-state index in [9.17, 15) is 9.13 Å². The van der Waals surface area contributed by atoms with Crippen LogP contribution < -0.4 is 15.9 Å². The summed E-state index contributed by atoms with van der Waals surface area (Å²) < 4.78 is 23.1. The van der Waals surface area contributed by atoms with Gasteiger partial charge in [-0.2, -0.15) is 0 Å². The zero-order valence-corrected chi connectivity index (χ0v) is 15.4. The zero-order chi connectivity index (χ0) is 17.3. The Morgan fingerprint density at radius 3 is 1.12 bits per heavy atom. The van der Waals surface area contributed by atoms with Gasteiger partial charge < -0.3 is 4.57 Å². The molecule has 3 rings (SSSR count). The molecule has 0 aliphatic heterocycles. The predicted octanol–water partition coefficient (Wildman–Crippen LogP) is 4.62. The average Bonchev–Trinajstić information content (AvgIpc) is 2.69. The molecule has 0 saturated carbocycles. The third-order valence-electron chi connectivity index (χ3n) is 3.49. The van der Waals surface area contributed by atoms with E-state index in [1.165, 1.54) is 0 Å². The van der Waals surface area contributed by atoms with E-state index in [0.717, 1.165) is 22.1 Å². The Bertz CT molecular complexity index is 684. The number of hydrogen-bond acceptors (Lipinski definition) is 2. The number of benzene rings is 3. The zero-order valence-electron chi connectivity index (χ0n) is 13.6. The fourth-order valence-corrected chi connectivity index (χ4v) is 5.03. The summed E-state index contributed by atoms with van der Waals surface area (Å²) in [6.07, 6.45) is 0.736. The highest BCUT2D eigenvalue weighted by Crippen LogP contribution is 2.41. The molecule has 0 unspecified atom stereocenters. The van der Waals surface area contributed by atoms with Gasteiger partial charge in [-0.15, -0.1) is 0 Å². The number of rotatable bonds is 4. The van der Waals surface area contributed by atoms with Crippen LogP contribution in [0.4, 0.5) is 0 Å². The highest BCUT2D eigenvalue weighted by molar-refractivity contribution is 7.85. The van der Waals surface area contributed by atoms with Crippen LogP contribution in [-0.4, -0.2) is 6.16 Å². The van der Waals surface area contributed by atoms with Crippen LogP contribution in [0.5, 0.6) is 0 Å². The first kappa shape index (κ1) is 18.3. The molecular formula is C20H20O2P2. The third-order valence-corrected chi connectivity index (χ3v) is 6.82. The summed E-state index contributed by atoms with van der Waals surface area (Å²) in [6, 6.07) is 29.1. The van der Waals surface area contributed by atoms with Gasteiger partial charge in [-0.25, -0.2) is 0 Å². The maximum atomic E-state index is 13.8. The van der Waals surface area contributed by atoms with E-state index in [-0.39, 0.29) is 8.46 Å². The van der Waals surface area contributed by atoms with Crippen molar-refractivity contribution in [1.82, 2.24) is 0 Å². The Morgan fingerprint density at radius 1 is 0.667 bits per heavy atom. The molecule has 4 heteroatoms. The molecule has 0 N–H and O–H groups in total. The maximum Gasteiger partial charge on any atom is 0.171 e. The Balaban J connectivity index is 0.000000471. The lowest BCUT2D eigenvalue weighted by molar-refractivity contribution is 0.592. The molecule has 0 fully saturated rings. The van der Waals surface area contributed by atoms with E-state index in [2.05, 4.69) is 0 Å². The van der Waals surface area contributed by atoms with Gasteiger partial charge in [0.25, 0.3) is 0 Å². The molecule has 0 saturated heterocycles. The second kappa shape index (κ2) is 9.33. The van der Waals surface area contributed by atoms with Crippen LogP contribution in [0.1, 0.15) is 6.92 Å². The fourth-order valence-electron chi connectivity index (χ4n) is 2.36. The minimum Gasteiger partial charge on any atom is -0.309 e. The van der Waals surface area contributed by atoms with E-state index in [4.69, 9.17) is 0 Å². The van der Waals surface area contributed by atoms with Crippen molar-refractivity contribution in [3.63, 3.8) is 0 Å². The van der Waals surface area contributed by atoms with Gasteiger partial charge in [-0.3, -0.25) is 4.57 Å². The molecule has 0 atom stereocenters. The van der Waals surface area contributed by atoms with Crippen molar-refractivity contribution < 1.29 is 9.13 Å². The minimum atomic E-state index is -2.78. The summed E-state index contributed by atoms with van der Waals surface area (Å²) in [5.74, 6) is 0. The monoisotopic (exact) mass is 354 g/mol. The standard InChI is InChI=1S/C18H15OP.C2H5OP/c19-20(16-10-4-1-5-11-16,17-12-6-2-7-13-17)18-14-8-3-9-15-18;1-2-4-3/h1-15H;2H2,1H3. The van der Waals surface area contributed by atoms with Crippen molar-refractivity contribution in [1.29, 1.82) is 0 Å². The molecule has 0 heterocycles. The van der Waals surface area contributed by atoms with Crippen LogP contribution >= 0.6 is 15.6 Å². The Hall–Kier alpha value is -2.01. The molecule has 0 aliphatic carbocycles. The summed E-state index contributed by atoms with van der Waals surface area (Å²) in [5.41, 5.74) is 0. The number of hydrogen-bond donors (Lipinski definition) is 0. The van der Waals surface area contributed by atoms with Gasteiger partial charge in [0.15, 0.2) is 15.6 Å². The first-order valence-electron chi connectivity index (χ1n) is 7.79. The molecule has 0 radical (unpaired) electrons. The summed E-state index contributed by atoms with van der Waals surface area (Å²) in [6.45, 7) is 1.86. The molecule has 122 valence electrons. The normalized spacial score (nSPS) is 10.7. The highest BCUT2D eigenvalue weighted by atomic mass is 31.2. The second-order valence-electron chi connectivity index (χ2n) is 5.06. The van der Waals surface area contributed by atoms with Crippen LogP contribution in [0.15, 0.2) is 91.0 Å². The quantitative estimate of drug-likeness (QED) is 0.641. The maximum absolute atomic E-state index is 13.8. The molecule has 3 aromatic carbocycles. The summed E-state index contributed by atoms with van der Waals surface area (Å²) >= 11 is 0. The largest absolute Gasteiger partial charge is 0.309 e. The lowest BCUT2D eigenvalue weighted by Crippen LogP contribution is -2.24. The van der Waals surface area contributed by atoms with E-state index in [1.54, 1.807) is 0 Å². The first-order valence-corrected chi connectivity index (χ1v) is 10.5. The summed E-state index contributed by atoms with van der Waals surface area (Å²) in [7, 11) is -2.53. The van der Waals surface area contributed by atoms with Gasteiger partial charge in [0.05, 0.1) is 0 Å².